The molecule has 2 aromatic rings. The number of rotatable bonds is 3. The molecule has 0 aromatic carbocycles. The van der Waals surface area contributed by atoms with Gasteiger partial charge in [0.2, 0.25) is 5.78 Å². The molecule has 2 rings (SSSR count). The van der Waals surface area contributed by atoms with E-state index in [9.17, 15) is 9.59 Å². The predicted octanol–water partition coefficient (Wildman–Crippen LogP) is 0.531. The molecule has 0 aliphatic rings. The lowest BCUT2D eigenvalue weighted by molar-refractivity contribution is -0.148. The summed E-state index contributed by atoms with van der Waals surface area (Å²) in [5.41, 5.74) is 1.28. The second-order valence-electron chi connectivity index (χ2n) is 3.08. The third-order valence-electron chi connectivity index (χ3n) is 2.07. The van der Waals surface area contributed by atoms with E-state index < -0.39 is 11.8 Å². The highest BCUT2D eigenvalue weighted by Crippen LogP contribution is 2.06. The van der Waals surface area contributed by atoms with E-state index in [1.807, 2.05) is 6.07 Å². The summed E-state index contributed by atoms with van der Waals surface area (Å²) in [5.74, 6) is -2.25. The van der Waals surface area contributed by atoms with E-state index in [0.29, 0.717) is 11.3 Å². The summed E-state index contributed by atoms with van der Waals surface area (Å²) in [6, 6.07) is 5.41. The lowest BCUT2D eigenvalue weighted by atomic mass is 10.2. The minimum absolute atomic E-state index is 0.138. The average molecular weight is 204 g/mol. The van der Waals surface area contributed by atoms with E-state index in [1.165, 1.54) is 6.20 Å². The maximum atomic E-state index is 11.0. The van der Waals surface area contributed by atoms with Crippen LogP contribution in [-0.4, -0.2) is 26.2 Å². The minimum atomic E-state index is -1.42. The van der Waals surface area contributed by atoms with Crippen LogP contribution < -0.4 is 0 Å². The number of fused-ring (bicyclic) bond motifs is 1. The molecule has 0 bridgehead atoms. The molecule has 0 saturated carbocycles. The number of carboxylic acids is 1. The Hall–Kier alpha value is -2.17. The second-order valence-corrected chi connectivity index (χ2v) is 3.08. The Morgan fingerprint density at radius 2 is 2.20 bits per heavy atom. The maximum Gasteiger partial charge on any atom is 0.372 e. The highest BCUT2D eigenvalue weighted by atomic mass is 16.4. The topological polar surface area (TPSA) is 71.7 Å². The van der Waals surface area contributed by atoms with E-state index >= 15 is 0 Å². The summed E-state index contributed by atoms with van der Waals surface area (Å²) in [6.45, 7) is 0. The van der Waals surface area contributed by atoms with Crippen molar-refractivity contribution >= 4 is 17.4 Å². The van der Waals surface area contributed by atoms with Crippen LogP contribution in [0.4, 0.5) is 0 Å². The molecule has 0 aliphatic heterocycles. The molecule has 5 heteroatoms. The highest BCUT2D eigenvalue weighted by molar-refractivity contribution is 6.33. The monoisotopic (exact) mass is 204 g/mol. The van der Waals surface area contributed by atoms with Crippen LogP contribution in [0.2, 0.25) is 0 Å². The van der Waals surface area contributed by atoms with Gasteiger partial charge >= 0.3 is 5.97 Å². The fraction of sp³-hybridized carbons (Fsp3) is 0.100. The first-order valence-electron chi connectivity index (χ1n) is 4.35. The lowest BCUT2D eigenvalue weighted by Crippen LogP contribution is -2.15. The summed E-state index contributed by atoms with van der Waals surface area (Å²) in [5, 5.41) is 8.47. The fourth-order valence-electron chi connectivity index (χ4n) is 1.36. The van der Waals surface area contributed by atoms with Crippen LogP contribution in [0.25, 0.3) is 5.65 Å². The quantitative estimate of drug-likeness (QED) is 0.740. The third-order valence-corrected chi connectivity index (χ3v) is 2.07. The number of imidazole rings is 1. The number of carboxylic acid groups (broad SMARTS) is 1. The van der Waals surface area contributed by atoms with Crippen molar-refractivity contribution in [3.63, 3.8) is 0 Å². The zero-order valence-electron chi connectivity index (χ0n) is 7.75. The van der Waals surface area contributed by atoms with Gasteiger partial charge in [-0.1, -0.05) is 6.07 Å². The van der Waals surface area contributed by atoms with Crippen LogP contribution in [0, 0.1) is 0 Å². The van der Waals surface area contributed by atoms with Crippen LogP contribution in [0.3, 0.4) is 0 Å². The van der Waals surface area contributed by atoms with Gasteiger partial charge in [-0.05, 0) is 12.1 Å². The molecular formula is C10H8N2O3. The van der Waals surface area contributed by atoms with Gasteiger partial charge in [-0.25, -0.2) is 9.78 Å². The van der Waals surface area contributed by atoms with Gasteiger partial charge in [-0.3, -0.25) is 4.79 Å². The molecule has 1 N–H and O–H groups in total. The molecular weight excluding hydrogens is 196 g/mol. The second kappa shape index (κ2) is 3.53. The van der Waals surface area contributed by atoms with Crippen LogP contribution >= 0.6 is 0 Å². The van der Waals surface area contributed by atoms with Crippen molar-refractivity contribution in [3.05, 3.63) is 36.3 Å². The van der Waals surface area contributed by atoms with Crippen molar-refractivity contribution < 1.29 is 14.7 Å². The van der Waals surface area contributed by atoms with Gasteiger partial charge in [0.05, 0.1) is 12.1 Å². The molecule has 76 valence electrons. The van der Waals surface area contributed by atoms with E-state index in [1.54, 1.807) is 22.7 Å². The van der Waals surface area contributed by atoms with Gasteiger partial charge in [0, 0.05) is 12.4 Å². The standard InChI is InChI=1S/C10H8N2O3/c13-8(10(14)15)5-7-6-11-9-3-1-2-4-12(7)9/h1-4,6H,5H2,(H,14,15). The first-order valence-corrected chi connectivity index (χ1v) is 4.35. The Balaban J connectivity index is 2.37. The van der Waals surface area contributed by atoms with Crippen molar-refractivity contribution in [3.8, 4) is 0 Å². The largest absolute Gasteiger partial charge is 0.475 e. The zero-order valence-corrected chi connectivity index (χ0v) is 7.75. The van der Waals surface area contributed by atoms with E-state index in [2.05, 4.69) is 4.98 Å². The first-order chi connectivity index (χ1) is 7.18. The summed E-state index contributed by atoms with van der Waals surface area (Å²) >= 11 is 0. The van der Waals surface area contributed by atoms with E-state index in [0.717, 1.165) is 0 Å². The minimum Gasteiger partial charge on any atom is -0.475 e. The molecule has 0 spiro atoms. The van der Waals surface area contributed by atoms with Crippen LogP contribution in [0.5, 0.6) is 0 Å². The third kappa shape index (κ3) is 1.71. The molecule has 0 saturated heterocycles. The number of aliphatic carboxylic acids is 1. The summed E-state index contributed by atoms with van der Waals surface area (Å²) in [4.78, 5) is 25.4. The number of Topliss-reactive ketones (excluding diaryl/α,β-unsaturated/α-hetero) is 1. The Kier molecular flexibility index (Phi) is 2.21. The molecule has 15 heavy (non-hydrogen) atoms. The van der Waals surface area contributed by atoms with Crippen LogP contribution in [-0.2, 0) is 16.0 Å². The van der Waals surface area contributed by atoms with E-state index in [4.69, 9.17) is 5.11 Å². The number of nitrogens with zero attached hydrogens (tertiary/aromatic N) is 2. The fourth-order valence-corrected chi connectivity index (χ4v) is 1.36. The van der Waals surface area contributed by atoms with Gasteiger partial charge < -0.3 is 9.51 Å². The van der Waals surface area contributed by atoms with Crippen molar-refractivity contribution in [2.45, 2.75) is 6.42 Å². The SMILES string of the molecule is O=C(O)C(=O)Cc1cnc2ccccn12. The molecule has 0 radical (unpaired) electrons. The summed E-state index contributed by atoms with van der Waals surface area (Å²) in [6.07, 6.45) is 3.11. The lowest BCUT2D eigenvalue weighted by Gasteiger charge is -1.97. The molecule has 5 nitrogen and oxygen atoms in total. The van der Waals surface area contributed by atoms with Gasteiger partial charge in [0.25, 0.3) is 0 Å². The number of carbonyl (C=O) groups is 2. The Morgan fingerprint density at radius 3 is 2.93 bits per heavy atom. The van der Waals surface area contributed by atoms with Crippen LogP contribution in [0.15, 0.2) is 30.6 Å². The number of hydrogen-bond donors (Lipinski definition) is 1. The molecule has 2 heterocycles. The van der Waals surface area contributed by atoms with Crippen molar-refractivity contribution in [2.75, 3.05) is 0 Å². The Bertz CT molecular complexity index is 530. The Labute approximate surface area is 85.0 Å². The number of carbonyl (C=O) groups excluding carboxylic acids is 1. The number of pyridine rings is 1. The summed E-state index contributed by atoms with van der Waals surface area (Å²) in [7, 11) is 0. The number of hydrogen-bond acceptors (Lipinski definition) is 3. The first kappa shape index (κ1) is 9.39. The molecule has 0 atom stereocenters. The smallest absolute Gasteiger partial charge is 0.372 e. The normalized spacial score (nSPS) is 10.4. The van der Waals surface area contributed by atoms with Crippen molar-refractivity contribution in [1.29, 1.82) is 0 Å². The number of ketones is 1. The predicted molar refractivity (Wildman–Crippen MR) is 51.5 cm³/mol. The Morgan fingerprint density at radius 1 is 1.40 bits per heavy atom. The van der Waals surface area contributed by atoms with Crippen molar-refractivity contribution in [2.24, 2.45) is 0 Å². The molecule has 0 fully saturated rings. The van der Waals surface area contributed by atoms with Gasteiger partial charge in [0.1, 0.15) is 5.65 Å². The van der Waals surface area contributed by atoms with Crippen LogP contribution in [0.1, 0.15) is 5.69 Å². The van der Waals surface area contributed by atoms with Gasteiger partial charge in [0.15, 0.2) is 0 Å². The summed E-state index contributed by atoms with van der Waals surface area (Å²) < 4.78 is 1.70. The van der Waals surface area contributed by atoms with Gasteiger partial charge in [-0.2, -0.15) is 0 Å². The van der Waals surface area contributed by atoms with Gasteiger partial charge in [-0.15, -0.1) is 0 Å². The average Bonchev–Trinajstić information content (AvgIpc) is 2.62. The molecule has 0 amide bonds. The zero-order chi connectivity index (χ0) is 10.8. The highest BCUT2D eigenvalue weighted by Gasteiger charge is 2.14. The molecule has 0 aliphatic carbocycles. The van der Waals surface area contributed by atoms with E-state index in [-0.39, 0.29) is 6.42 Å². The van der Waals surface area contributed by atoms with Crippen molar-refractivity contribution in [1.82, 2.24) is 9.38 Å². The number of aromatic nitrogens is 2. The molecule has 0 unspecified atom stereocenters. The maximum absolute atomic E-state index is 11.0. The molecule has 2 aromatic heterocycles.